The number of carbonyl (C=O) groups is 1. The molecule has 5 heteroatoms. The number of benzene rings is 3. The molecule has 1 aromatic heterocycles. The smallest absolute Gasteiger partial charge is 0.234 e. The van der Waals surface area contributed by atoms with E-state index in [2.05, 4.69) is 42.2 Å². The Kier molecular flexibility index (Phi) is 5.77. The molecule has 0 radical (unpaired) electrons. The number of aromatic nitrogens is 2. The van der Waals surface area contributed by atoms with Crippen molar-refractivity contribution in [2.45, 2.75) is 26.2 Å². The average molecular weight is 417 g/mol. The summed E-state index contributed by atoms with van der Waals surface area (Å²) in [6.07, 6.45) is 1.53. The molecule has 1 atom stereocenters. The van der Waals surface area contributed by atoms with Crippen molar-refractivity contribution in [2.24, 2.45) is 0 Å². The van der Waals surface area contributed by atoms with Crippen LogP contribution in [0.25, 0.3) is 11.4 Å². The SMILES string of the molecule is Cc1cc(C)cc(CC(c2cccc(Cl)c2)c2nc(-c3ccc(C=O)cc3)no2)c1. The van der Waals surface area contributed by atoms with Crippen molar-refractivity contribution < 1.29 is 9.32 Å². The number of hydrogen-bond donors (Lipinski definition) is 0. The van der Waals surface area contributed by atoms with Gasteiger partial charge in [-0.1, -0.05) is 82.5 Å². The fourth-order valence-corrected chi connectivity index (χ4v) is 3.90. The van der Waals surface area contributed by atoms with E-state index in [1.165, 1.54) is 16.7 Å². The lowest BCUT2D eigenvalue weighted by molar-refractivity contribution is 0.112. The molecule has 3 aromatic carbocycles. The second kappa shape index (κ2) is 8.64. The van der Waals surface area contributed by atoms with Gasteiger partial charge in [-0.25, -0.2) is 0 Å². The monoisotopic (exact) mass is 416 g/mol. The Morgan fingerprint density at radius 2 is 1.73 bits per heavy atom. The Morgan fingerprint density at radius 1 is 1.00 bits per heavy atom. The molecule has 0 amide bonds. The van der Waals surface area contributed by atoms with Gasteiger partial charge in [0.2, 0.25) is 11.7 Å². The van der Waals surface area contributed by atoms with Crippen molar-refractivity contribution in [3.63, 3.8) is 0 Å². The van der Waals surface area contributed by atoms with E-state index in [0.717, 1.165) is 17.4 Å². The highest BCUT2D eigenvalue weighted by Gasteiger charge is 2.23. The largest absolute Gasteiger partial charge is 0.338 e. The van der Waals surface area contributed by atoms with E-state index in [9.17, 15) is 4.79 Å². The number of rotatable bonds is 6. The summed E-state index contributed by atoms with van der Waals surface area (Å²) in [5.41, 5.74) is 6.06. The van der Waals surface area contributed by atoms with Crippen LogP contribution in [-0.4, -0.2) is 16.4 Å². The molecule has 4 rings (SSSR count). The van der Waals surface area contributed by atoms with E-state index in [0.29, 0.717) is 28.7 Å². The van der Waals surface area contributed by atoms with Gasteiger partial charge >= 0.3 is 0 Å². The number of aryl methyl sites for hydroxylation is 2. The first-order chi connectivity index (χ1) is 14.5. The van der Waals surface area contributed by atoms with Crippen LogP contribution in [0.15, 0.2) is 71.3 Å². The number of aldehydes is 1. The molecule has 0 fully saturated rings. The standard InChI is InChI=1S/C25H21ClN2O2/c1-16-10-17(2)12-19(11-16)13-23(21-4-3-5-22(26)14-21)25-27-24(28-30-25)20-8-6-18(15-29)7-9-20/h3-12,14-15,23H,13H2,1-2H3. The van der Waals surface area contributed by atoms with Gasteiger partial charge in [0.1, 0.15) is 6.29 Å². The molecule has 0 N–H and O–H groups in total. The second-order valence-electron chi connectivity index (χ2n) is 7.50. The van der Waals surface area contributed by atoms with Crippen LogP contribution in [0.2, 0.25) is 5.02 Å². The van der Waals surface area contributed by atoms with E-state index >= 15 is 0 Å². The fourth-order valence-electron chi connectivity index (χ4n) is 3.70. The molecule has 1 heterocycles. The summed E-state index contributed by atoms with van der Waals surface area (Å²) in [6.45, 7) is 4.19. The third-order valence-electron chi connectivity index (χ3n) is 5.02. The molecule has 1 unspecified atom stereocenters. The maximum Gasteiger partial charge on any atom is 0.234 e. The topological polar surface area (TPSA) is 56.0 Å². The van der Waals surface area contributed by atoms with Gasteiger partial charge in [0.25, 0.3) is 0 Å². The molecule has 0 aliphatic heterocycles. The Labute approximate surface area is 180 Å². The quantitative estimate of drug-likeness (QED) is 0.351. The molecule has 0 bridgehead atoms. The number of nitrogens with zero attached hydrogens (tertiary/aromatic N) is 2. The van der Waals surface area contributed by atoms with Crippen molar-refractivity contribution in [2.75, 3.05) is 0 Å². The summed E-state index contributed by atoms with van der Waals surface area (Å²) >= 11 is 6.26. The van der Waals surface area contributed by atoms with E-state index in [1.807, 2.05) is 36.4 Å². The van der Waals surface area contributed by atoms with Crippen molar-refractivity contribution in [3.8, 4) is 11.4 Å². The highest BCUT2D eigenvalue weighted by Crippen LogP contribution is 2.31. The minimum Gasteiger partial charge on any atom is -0.338 e. The van der Waals surface area contributed by atoms with Crippen LogP contribution in [0.5, 0.6) is 0 Å². The average Bonchev–Trinajstić information content (AvgIpc) is 3.21. The first-order valence-corrected chi connectivity index (χ1v) is 10.1. The highest BCUT2D eigenvalue weighted by atomic mass is 35.5. The molecular formula is C25H21ClN2O2. The summed E-state index contributed by atoms with van der Waals surface area (Å²) in [5.74, 6) is 0.904. The zero-order valence-electron chi connectivity index (χ0n) is 16.8. The summed E-state index contributed by atoms with van der Waals surface area (Å²) in [7, 11) is 0. The van der Waals surface area contributed by atoms with Crippen LogP contribution < -0.4 is 0 Å². The van der Waals surface area contributed by atoms with Crippen LogP contribution in [0.4, 0.5) is 0 Å². The van der Waals surface area contributed by atoms with Crippen molar-refractivity contribution in [1.29, 1.82) is 0 Å². The van der Waals surface area contributed by atoms with Gasteiger partial charge in [-0.3, -0.25) is 4.79 Å². The lowest BCUT2D eigenvalue weighted by Gasteiger charge is -2.15. The van der Waals surface area contributed by atoms with Gasteiger partial charge in [0.05, 0.1) is 5.92 Å². The van der Waals surface area contributed by atoms with E-state index < -0.39 is 0 Å². The zero-order valence-corrected chi connectivity index (χ0v) is 17.6. The Hall–Kier alpha value is -3.24. The minimum absolute atomic E-state index is 0.125. The molecule has 30 heavy (non-hydrogen) atoms. The van der Waals surface area contributed by atoms with Gasteiger partial charge < -0.3 is 4.52 Å². The highest BCUT2D eigenvalue weighted by molar-refractivity contribution is 6.30. The Morgan fingerprint density at radius 3 is 2.40 bits per heavy atom. The molecule has 4 aromatic rings. The summed E-state index contributed by atoms with van der Waals surface area (Å²) in [4.78, 5) is 15.6. The van der Waals surface area contributed by atoms with Crippen LogP contribution >= 0.6 is 11.6 Å². The number of hydrogen-bond acceptors (Lipinski definition) is 4. The number of halogens is 1. The van der Waals surface area contributed by atoms with E-state index in [4.69, 9.17) is 16.1 Å². The summed E-state index contributed by atoms with van der Waals surface area (Å²) < 4.78 is 5.69. The molecule has 0 saturated carbocycles. The predicted molar refractivity (Wildman–Crippen MR) is 118 cm³/mol. The molecule has 0 spiro atoms. The number of carbonyl (C=O) groups excluding carboxylic acids is 1. The van der Waals surface area contributed by atoms with Crippen LogP contribution in [0.1, 0.15) is 44.4 Å². The third-order valence-corrected chi connectivity index (χ3v) is 5.25. The molecule has 150 valence electrons. The van der Waals surface area contributed by atoms with Gasteiger partial charge in [-0.15, -0.1) is 0 Å². The van der Waals surface area contributed by atoms with Crippen LogP contribution in [0, 0.1) is 13.8 Å². The summed E-state index contributed by atoms with van der Waals surface area (Å²) in [5, 5.41) is 4.85. The second-order valence-corrected chi connectivity index (χ2v) is 7.94. The van der Waals surface area contributed by atoms with E-state index in [-0.39, 0.29) is 5.92 Å². The van der Waals surface area contributed by atoms with Crippen molar-refractivity contribution >= 4 is 17.9 Å². The van der Waals surface area contributed by atoms with Gasteiger partial charge in [0.15, 0.2) is 0 Å². The fraction of sp³-hybridized carbons (Fsp3) is 0.160. The molecule has 0 aliphatic carbocycles. The van der Waals surface area contributed by atoms with Crippen molar-refractivity contribution in [1.82, 2.24) is 10.1 Å². The molecule has 4 nitrogen and oxygen atoms in total. The van der Waals surface area contributed by atoms with Crippen LogP contribution in [-0.2, 0) is 6.42 Å². The predicted octanol–water partition coefficient (Wildman–Crippen LogP) is 6.19. The Balaban J connectivity index is 1.72. The zero-order chi connectivity index (χ0) is 21.1. The first-order valence-electron chi connectivity index (χ1n) is 9.73. The van der Waals surface area contributed by atoms with Crippen molar-refractivity contribution in [3.05, 3.63) is 105 Å². The summed E-state index contributed by atoms with van der Waals surface area (Å²) in [6, 6.07) is 21.4. The molecule has 0 aliphatic rings. The lowest BCUT2D eigenvalue weighted by Crippen LogP contribution is -2.06. The maximum absolute atomic E-state index is 10.9. The lowest BCUT2D eigenvalue weighted by atomic mass is 9.90. The third kappa shape index (κ3) is 4.50. The molecule has 0 saturated heterocycles. The maximum atomic E-state index is 10.9. The Bertz CT molecular complexity index is 1160. The minimum atomic E-state index is -0.125. The molecular weight excluding hydrogens is 396 g/mol. The van der Waals surface area contributed by atoms with Crippen LogP contribution in [0.3, 0.4) is 0 Å². The first kappa shape index (κ1) is 20.0. The van der Waals surface area contributed by atoms with Gasteiger partial charge in [-0.2, -0.15) is 4.98 Å². The van der Waals surface area contributed by atoms with Gasteiger partial charge in [-0.05, 0) is 43.5 Å². The normalized spacial score (nSPS) is 12.0. The van der Waals surface area contributed by atoms with E-state index in [1.54, 1.807) is 12.1 Å². The van der Waals surface area contributed by atoms with Gasteiger partial charge in [0, 0.05) is 16.1 Å².